The predicted octanol–water partition coefficient (Wildman–Crippen LogP) is 1.91. The van der Waals surface area contributed by atoms with Gasteiger partial charge < -0.3 is 15.8 Å². The molecule has 1 amide bonds. The van der Waals surface area contributed by atoms with Crippen LogP contribution in [0.25, 0.3) is 10.9 Å². The first kappa shape index (κ1) is 15.8. The van der Waals surface area contributed by atoms with E-state index < -0.39 is 27.5 Å². The molecule has 0 saturated carbocycles. The molecule has 3 rings (SSSR count). The van der Waals surface area contributed by atoms with Gasteiger partial charge in [0.25, 0.3) is 15.9 Å². The van der Waals surface area contributed by atoms with Gasteiger partial charge in [-0.15, -0.1) is 0 Å². The maximum absolute atomic E-state index is 14.1. The SMILES string of the molecule is NC(=O)c1cc(S(=O)(=O)Nc2cc3cc[nH]c3cc2F)ccc1O. The minimum Gasteiger partial charge on any atom is -0.507 e. The zero-order valence-electron chi connectivity index (χ0n) is 12.1. The number of fused-ring (bicyclic) bond motifs is 1. The number of halogens is 1. The third kappa shape index (κ3) is 2.76. The largest absolute Gasteiger partial charge is 0.507 e. The van der Waals surface area contributed by atoms with Crippen LogP contribution in [-0.2, 0) is 10.0 Å². The Morgan fingerprint density at radius 1 is 1.21 bits per heavy atom. The van der Waals surface area contributed by atoms with Crippen LogP contribution < -0.4 is 10.5 Å². The van der Waals surface area contributed by atoms with Crippen molar-refractivity contribution in [3.63, 3.8) is 0 Å². The normalized spacial score (nSPS) is 11.5. The summed E-state index contributed by atoms with van der Waals surface area (Å²) in [7, 11) is -4.18. The number of hydrogen-bond donors (Lipinski definition) is 4. The molecule has 0 bridgehead atoms. The molecule has 2 aromatic carbocycles. The first-order chi connectivity index (χ1) is 11.3. The minimum absolute atomic E-state index is 0.240. The van der Waals surface area contributed by atoms with E-state index in [0.717, 1.165) is 18.2 Å². The second kappa shape index (κ2) is 5.53. The molecule has 0 aliphatic rings. The molecule has 9 heteroatoms. The van der Waals surface area contributed by atoms with Gasteiger partial charge >= 0.3 is 0 Å². The zero-order chi connectivity index (χ0) is 17.5. The fourth-order valence-corrected chi connectivity index (χ4v) is 3.32. The summed E-state index contributed by atoms with van der Waals surface area (Å²) in [5, 5.41) is 10.1. The van der Waals surface area contributed by atoms with Gasteiger partial charge in [0.2, 0.25) is 0 Å². The van der Waals surface area contributed by atoms with E-state index in [4.69, 9.17) is 5.73 Å². The molecule has 3 aromatic rings. The van der Waals surface area contributed by atoms with Crippen LogP contribution in [0.4, 0.5) is 10.1 Å². The van der Waals surface area contributed by atoms with Crippen molar-refractivity contribution in [2.75, 3.05) is 4.72 Å². The number of sulfonamides is 1. The number of primary amides is 1. The Kier molecular flexibility index (Phi) is 3.64. The van der Waals surface area contributed by atoms with Crippen LogP contribution in [0, 0.1) is 5.82 Å². The summed E-state index contributed by atoms with van der Waals surface area (Å²) in [5.41, 5.74) is 5.01. The Bertz CT molecular complexity index is 1060. The number of rotatable bonds is 4. The molecule has 7 nitrogen and oxygen atoms in total. The fraction of sp³-hybridized carbons (Fsp3) is 0. The second-order valence-electron chi connectivity index (χ2n) is 5.05. The molecule has 0 fully saturated rings. The van der Waals surface area contributed by atoms with E-state index >= 15 is 0 Å². The highest BCUT2D eigenvalue weighted by Crippen LogP contribution is 2.26. The van der Waals surface area contributed by atoms with Crippen molar-refractivity contribution >= 4 is 32.5 Å². The number of H-pyrrole nitrogens is 1. The minimum atomic E-state index is -4.18. The number of benzene rings is 2. The Morgan fingerprint density at radius 3 is 2.67 bits per heavy atom. The van der Waals surface area contributed by atoms with E-state index in [1.165, 1.54) is 12.1 Å². The van der Waals surface area contributed by atoms with Gasteiger partial charge in [0, 0.05) is 23.2 Å². The molecule has 24 heavy (non-hydrogen) atoms. The van der Waals surface area contributed by atoms with E-state index in [1.54, 1.807) is 12.3 Å². The van der Waals surface area contributed by atoms with Crippen molar-refractivity contribution in [1.82, 2.24) is 4.98 Å². The Labute approximate surface area is 136 Å². The molecule has 0 unspecified atom stereocenters. The van der Waals surface area contributed by atoms with Crippen LogP contribution >= 0.6 is 0 Å². The molecular weight excluding hydrogens is 337 g/mol. The summed E-state index contributed by atoms with van der Waals surface area (Å²) < 4.78 is 41.0. The van der Waals surface area contributed by atoms with Gasteiger partial charge in [-0.1, -0.05) is 0 Å². The van der Waals surface area contributed by atoms with Crippen LogP contribution in [0.2, 0.25) is 0 Å². The summed E-state index contributed by atoms with van der Waals surface area (Å²) in [4.78, 5) is 13.7. The molecular formula is C15H12FN3O4S. The molecule has 1 heterocycles. The van der Waals surface area contributed by atoms with E-state index in [-0.39, 0.29) is 16.1 Å². The summed E-state index contributed by atoms with van der Waals surface area (Å²) in [5.74, 6) is -2.19. The van der Waals surface area contributed by atoms with E-state index in [0.29, 0.717) is 10.9 Å². The first-order valence-corrected chi connectivity index (χ1v) is 8.18. The molecule has 0 aliphatic carbocycles. The summed E-state index contributed by atoms with van der Waals surface area (Å²) in [6.45, 7) is 0. The van der Waals surface area contributed by atoms with Gasteiger partial charge in [-0.25, -0.2) is 12.8 Å². The topological polar surface area (TPSA) is 125 Å². The standard InChI is InChI=1S/C15H12FN3O4S/c16-11-7-12-8(3-4-18-12)5-13(11)19-24(22,23)9-1-2-14(20)10(6-9)15(17)21/h1-7,18-20H,(H2,17,21). The average molecular weight is 349 g/mol. The summed E-state index contributed by atoms with van der Waals surface area (Å²) in [6.07, 6.45) is 1.60. The number of nitrogens with one attached hydrogen (secondary N) is 2. The van der Waals surface area contributed by atoms with Crippen LogP contribution in [-0.4, -0.2) is 24.4 Å². The van der Waals surface area contributed by atoms with Gasteiger partial charge in [-0.05, 0) is 30.3 Å². The summed E-state index contributed by atoms with van der Waals surface area (Å²) in [6, 6.07) is 7.20. The van der Waals surface area contributed by atoms with Crippen LogP contribution in [0.1, 0.15) is 10.4 Å². The fourth-order valence-electron chi connectivity index (χ4n) is 2.24. The average Bonchev–Trinajstić information content (AvgIpc) is 2.94. The van der Waals surface area contributed by atoms with Gasteiger partial charge in [0.1, 0.15) is 11.6 Å². The van der Waals surface area contributed by atoms with Gasteiger partial charge in [0.15, 0.2) is 0 Å². The molecule has 0 saturated heterocycles. The molecule has 0 spiro atoms. The highest BCUT2D eigenvalue weighted by Gasteiger charge is 2.20. The maximum atomic E-state index is 14.1. The molecule has 5 N–H and O–H groups in total. The molecule has 0 atom stereocenters. The third-order valence-electron chi connectivity index (χ3n) is 3.43. The van der Waals surface area contributed by atoms with Gasteiger partial charge in [-0.2, -0.15) is 0 Å². The van der Waals surface area contributed by atoms with Crippen LogP contribution in [0.5, 0.6) is 5.75 Å². The van der Waals surface area contributed by atoms with Crippen molar-refractivity contribution in [2.45, 2.75) is 4.90 Å². The lowest BCUT2D eigenvalue weighted by Gasteiger charge is -2.10. The number of hydrogen-bond acceptors (Lipinski definition) is 4. The Morgan fingerprint density at radius 2 is 1.96 bits per heavy atom. The second-order valence-corrected chi connectivity index (χ2v) is 6.73. The monoisotopic (exact) mass is 349 g/mol. The third-order valence-corrected chi connectivity index (χ3v) is 4.79. The lowest BCUT2D eigenvalue weighted by atomic mass is 10.2. The number of aromatic nitrogens is 1. The van der Waals surface area contributed by atoms with Crippen molar-refractivity contribution < 1.29 is 22.7 Å². The lowest BCUT2D eigenvalue weighted by Crippen LogP contribution is -2.16. The van der Waals surface area contributed by atoms with Crippen molar-refractivity contribution in [2.24, 2.45) is 5.73 Å². The van der Waals surface area contributed by atoms with E-state index in [2.05, 4.69) is 9.71 Å². The maximum Gasteiger partial charge on any atom is 0.262 e. The van der Waals surface area contributed by atoms with Crippen molar-refractivity contribution in [1.29, 1.82) is 0 Å². The summed E-state index contributed by atoms with van der Waals surface area (Å²) >= 11 is 0. The van der Waals surface area contributed by atoms with Crippen LogP contribution in [0.15, 0.2) is 47.5 Å². The van der Waals surface area contributed by atoms with E-state index in [9.17, 15) is 22.7 Å². The predicted molar refractivity (Wildman–Crippen MR) is 85.7 cm³/mol. The molecule has 0 radical (unpaired) electrons. The van der Waals surface area contributed by atoms with Crippen LogP contribution in [0.3, 0.4) is 0 Å². The lowest BCUT2D eigenvalue weighted by molar-refractivity contribution is 0.0997. The number of aromatic amines is 1. The van der Waals surface area contributed by atoms with E-state index in [1.807, 2.05) is 0 Å². The number of carbonyl (C=O) groups excluding carboxylic acids is 1. The number of amides is 1. The van der Waals surface area contributed by atoms with Gasteiger partial charge in [0.05, 0.1) is 16.1 Å². The smallest absolute Gasteiger partial charge is 0.262 e. The highest BCUT2D eigenvalue weighted by molar-refractivity contribution is 7.92. The number of carbonyl (C=O) groups is 1. The number of phenols is 1. The van der Waals surface area contributed by atoms with Crippen molar-refractivity contribution in [3.8, 4) is 5.75 Å². The molecule has 1 aromatic heterocycles. The van der Waals surface area contributed by atoms with Crippen molar-refractivity contribution in [3.05, 3.63) is 54.0 Å². The molecule has 124 valence electrons. The molecule has 0 aliphatic heterocycles. The number of nitrogens with two attached hydrogens (primary N) is 1. The quantitative estimate of drug-likeness (QED) is 0.574. The number of aromatic hydroxyl groups is 1. The highest BCUT2D eigenvalue weighted by atomic mass is 32.2. The van der Waals surface area contributed by atoms with Gasteiger partial charge in [-0.3, -0.25) is 9.52 Å². The first-order valence-electron chi connectivity index (χ1n) is 6.70. The Balaban J connectivity index is 2.03. The zero-order valence-corrected chi connectivity index (χ0v) is 12.9. The number of anilines is 1. The Hall–Kier alpha value is -3.07.